The summed E-state index contributed by atoms with van der Waals surface area (Å²) < 4.78 is 60.6. The van der Waals surface area contributed by atoms with Gasteiger partial charge in [0.2, 0.25) is 0 Å². The largest absolute Gasteiger partial charge is 0.360 e. The number of alkyl halides is 2. The molecule has 1 aliphatic carbocycles. The Kier molecular flexibility index (Phi) is 8.91. The van der Waals surface area contributed by atoms with Crippen LogP contribution in [0.3, 0.4) is 0 Å². The molecule has 0 bridgehead atoms. The Balaban J connectivity index is 1.49. The Morgan fingerprint density at radius 2 is 1.61 bits per heavy atom. The van der Waals surface area contributed by atoms with Crippen molar-refractivity contribution in [1.29, 1.82) is 5.26 Å². The summed E-state index contributed by atoms with van der Waals surface area (Å²) in [7, 11) is 0. The van der Waals surface area contributed by atoms with E-state index >= 15 is 0 Å². The van der Waals surface area contributed by atoms with Crippen LogP contribution < -0.4 is 0 Å². The predicted octanol–water partition coefficient (Wildman–Crippen LogP) is 8.04. The van der Waals surface area contributed by atoms with Crippen LogP contribution in [0.2, 0.25) is 0 Å². The Morgan fingerprint density at radius 3 is 2.18 bits per heavy atom. The van der Waals surface area contributed by atoms with Crippen molar-refractivity contribution in [2.45, 2.75) is 83.3 Å². The quantitative estimate of drug-likeness (QED) is 0.265. The minimum atomic E-state index is -3.60. The standard InChI is InChI=1S/C27H31F4NO/c1-2-3-4-5-19-6-10-22(11-7-19)23-12-8-20(9-13-23)18-33-27(30,31)16-21-14-25(28)24(17-32)26(29)15-21/h8-9,12-15,19,22H,2-7,10-11,16,18H2,1H3. The van der Waals surface area contributed by atoms with Crippen molar-refractivity contribution in [3.05, 3.63) is 70.3 Å². The average Bonchev–Trinajstić information content (AvgIpc) is 2.78. The molecule has 2 aromatic rings. The fraction of sp³-hybridized carbons (Fsp3) is 0.519. The minimum Gasteiger partial charge on any atom is -0.315 e. The highest BCUT2D eigenvalue weighted by molar-refractivity contribution is 5.35. The number of hydrogen-bond donors (Lipinski definition) is 0. The first kappa shape index (κ1) is 25.2. The van der Waals surface area contributed by atoms with E-state index in [9.17, 15) is 17.6 Å². The number of unbranched alkanes of at least 4 members (excludes halogenated alkanes) is 2. The van der Waals surface area contributed by atoms with E-state index in [1.165, 1.54) is 63.0 Å². The normalized spacial score (nSPS) is 18.8. The fourth-order valence-corrected chi connectivity index (χ4v) is 4.67. The summed E-state index contributed by atoms with van der Waals surface area (Å²) in [4.78, 5) is 0. The number of rotatable bonds is 10. The average molecular weight is 462 g/mol. The minimum absolute atomic E-state index is 0.269. The molecule has 0 aliphatic heterocycles. The summed E-state index contributed by atoms with van der Waals surface area (Å²) in [5, 5.41) is 8.68. The number of benzene rings is 2. The van der Waals surface area contributed by atoms with Gasteiger partial charge in [0.05, 0.1) is 13.0 Å². The molecule has 178 valence electrons. The Hall–Kier alpha value is -2.39. The van der Waals surface area contributed by atoms with E-state index in [1.807, 2.05) is 12.1 Å². The summed E-state index contributed by atoms with van der Waals surface area (Å²) in [6, 6.07) is 10.4. The van der Waals surface area contributed by atoms with Crippen LogP contribution in [0.1, 0.15) is 86.5 Å². The molecule has 1 saturated carbocycles. The van der Waals surface area contributed by atoms with E-state index in [1.54, 1.807) is 12.1 Å². The summed E-state index contributed by atoms with van der Waals surface area (Å²) in [5.41, 5.74) is 0.799. The zero-order valence-corrected chi connectivity index (χ0v) is 19.1. The van der Waals surface area contributed by atoms with Crippen LogP contribution in [0.25, 0.3) is 0 Å². The van der Waals surface area contributed by atoms with Gasteiger partial charge in [-0.25, -0.2) is 8.78 Å². The van der Waals surface area contributed by atoms with E-state index in [4.69, 9.17) is 10.00 Å². The molecule has 1 aliphatic rings. The summed E-state index contributed by atoms with van der Waals surface area (Å²) in [6.45, 7) is 1.92. The second-order valence-corrected chi connectivity index (χ2v) is 9.10. The van der Waals surface area contributed by atoms with Gasteiger partial charge in [0.1, 0.15) is 23.3 Å². The molecule has 0 amide bonds. The second-order valence-electron chi connectivity index (χ2n) is 9.10. The molecule has 0 saturated heterocycles. The van der Waals surface area contributed by atoms with E-state index in [-0.39, 0.29) is 12.2 Å². The lowest BCUT2D eigenvalue weighted by atomic mass is 9.77. The van der Waals surface area contributed by atoms with Crippen molar-refractivity contribution < 1.29 is 22.3 Å². The molecule has 2 nitrogen and oxygen atoms in total. The molecule has 0 aromatic heterocycles. The van der Waals surface area contributed by atoms with Gasteiger partial charge in [-0.2, -0.15) is 14.0 Å². The Labute approximate surface area is 193 Å². The van der Waals surface area contributed by atoms with Crippen molar-refractivity contribution in [3.8, 4) is 6.07 Å². The maximum Gasteiger partial charge on any atom is 0.360 e. The molecule has 0 unspecified atom stereocenters. The molecule has 0 radical (unpaired) electrons. The van der Waals surface area contributed by atoms with E-state index in [0.717, 1.165) is 18.1 Å². The summed E-state index contributed by atoms with van der Waals surface area (Å²) in [6.07, 6.45) is 5.48. The van der Waals surface area contributed by atoms with E-state index in [0.29, 0.717) is 11.5 Å². The summed E-state index contributed by atoms with van der Waals surface area (Å²) in [5.74, 6) is -0.964. The molecule has 6 heteroatoms. The molecular weight excluding hydrogens is 430 g/mol. The summed E-state index contributed by atoms with van der Waals surface area (Å²) >= 11 is 0. The van der Waals surface area contributed by atoms with Gasteiger partial charge in [-0.1, -0.05) is 56.9 Å². The number of nitrogens with zero attached hydrogens (tertiary/aromatic N) is 1. The third-order valence-electron chi connectivity index (χ3n) is 6.59. The van der Waals surface area contributed by atoms with Crippen LogP contribution in [0, 0.1) is 28.9 Å². The van der Waals surface area contributed by atoms with Gasteiger partial charge in [0.25, 0.3) is 0 Å². The maximum absolute atomic E-state index is 14.2. The lowest BCUT2D eigenvalue weighted by molar-refractivity contribution is -0.244. The molecule has 3 rings (SSSR count). The highest BCUT2D eigenvalue weighted by atomic mass is 19.3. The molecule has 0 atom stereocenters. The third kappa shape index (κ3) is 7.30. The first-order valence-corrected chi connectivity index (χ1v) is 11.8. The first-order chi connectivity index (χ1) is 15.8. The van der Waals surface area contributed by atoms with Gasteiger partial charge in [-0.15, -0.1) is 0 Å². The van der Waals surface area contributed by atoms with Crippen molar-refractivity contribution in [1.82, 2.24) is 0 Å². The number of halogens is 4. The predicted molar refractivity (Wildman–Crippen MR) is 120 cm³/mol. The number of hydrogen-bond acceptors (Lipinski definition) is 2. The van der Waals surface area contributed by atoms with Crippen LogP contribution in [-0.4, -0.2) is 6.11 Å². The van der Waals surface area contributed by atoms with E-state index in [2.05, 4.69) is 6.92 Å². The van der Waals surface area contributed by atoms with Gasteiger partial charge in [0, 0.05) is 0 Å². The Bertz CT molecular complexity index is 921. The molecule has 0 spiro atoms. The molecule has 2 aromatic carbocycles. The van der Waals surface area contributed by atoms with Crippen LogP contribution in [0.5, 0.6) is 0 Å². The zero-order chi connectivity index (χ0) is 23.8. The Morgan fingerprint density at radius 1 is 0.970 bits per heavy atom. The maximum atomic E-state index is 14.2. The van der Waals surface area contributed by atoms with Crippen LogP contribution in [0.4, 0.5) is 17.6 Å². The SMILES string of the molecule is CCCCCC1CCC(c2ccc(COC(F)(F)Cc3cc(F)c(C#N)c(F)c3)cc2)CC1. The highest BCUT2D eigenvalue weighted by Crippen LogP contribution is 2.38. The van der Waals surface area contributed by atoms with Crippen LogP contribution in [0.15, 0.2) is 36.4 Å². The molecule has 0 N–H and O–H groups in total. The molecule has 1 fully saturated rings. The van der Waals surface area contributed by atoms with Crippen LogP contribution >= 0.6 is 0 Å². The van der Waals surface area contributed by atoms with Crippen LogP contribution in [-0.2, 0) is 17.8 Å². The van der Waals surface area contributed by atoms with Gasteiger partial charge in [0.15, 0.2) is 0 Å². The molecule has 0 heterocycles. The number of ether oxygens (including phenoxy) is 1. The van der Waals surface area contributed by atoms with Gasteiger partial charge in [-0.3, -0.25) is 0 Å². The monoisotopic (exact) mass is 461 g/mol. The van der Waals surface area contributed by atoms with Crippen molar-refractivity contribution in [2.24, 2.45) is 5.92 Å². The van der Waals surface area contributed by atoms with Crippen molar-refractivity contribution in [3.63, 3.8) is 0 Å². The molecular formula is C27H31F4NO. The molecule has 33 heavy (non-hydrogen) atoms. The lowest BCUT2D eigenvalue weighted by Crippen LogP contribution is -2.24. The zero-order valence-electron chi connectivity index (χ0n) is 19.1. The van der Waals surface area contributed by atoms with Gasteiger partial charge < -0.3 is 4.74 Å². The van der Waals surface area contributed by atoms with Gasteiger partial charge in [-0.05, 0) is 66.3 Å². The smallest absolute Gasteiger partial charge is 0.315 e. The second kappa shape index (κ2) is 11.7. The fourth-order valence-electron chi connectivity index (χ4n) is 4.67. The lowest BCUT2D eigenvalue weighted by Gasteiger charge is -2.29. The topological polar surface area (TPSA) is 33.0 Å². The van der Waals surface area contributed by atoms with E-state index < -0.39 is 29.7 Å². The number of nitriles is 1. The van der Waals surface area contributed by atoms with Crippen molar-refractivity contribution >= 4 is 0 Å². The third-order valence-corrected chi connectivity index (χ3v) is 6.59. The van der Waals surface area contributed by atoms with Gasteiger partial charge >= 0.3 is 6.11 Å². The van der Waals surface area contributed by atoms with Crippen molar-refractivity contribution in [2.75, 3.05) is 0 Å². The highest BCUT2D eigenvalue weighted by Gasteiger charge is 2.31. The first-order valence-electron chi connectivity index (χ1n) is 11.8.